The van der Waals surface area contributed by atoms with Crippen LogP contribution in [0.1, 0.15) is 31.4 Å². The van der Waals surface area contributed by atoms with Crippen LogP contribution in [0.15, 0.2) is 18.2 Å². The maximum atomic E-state index is 12.7. The molecule has 2 heterocycles. The van der Waals surface area contributed by atoms with E-state index in [1.807, 2.05) is 12.1 Å². The summed E-state index contributed by atoms with van der Waals surface area (Å²) in [5.41, 5.74) is 0.536. The first kappa shape index (κ1) is 19.1. The van der Waals surface area contributed by atoms with Crippen molar-refractivity contribution in [3.63, 3.8) is 0 Å². The molecule has 3 rings (SSSR count). The molecule has 144 valence electrons. The van der Waals surface area contributed by atoms with Gasteiger partial charge in [-0.25, -0.2) is 18.1 Å². The highest BCUT2D eigenvalue weighted by atomic mass is 32.2. The molecule has 1 aromatic rings. The Morgan fingerprint density at radius 3 is 2.77 bits per heavy atom. The lowest BCUT2D eigenvalue weighted by Gasteiger charge is -2.32. The van der Waals surface area contributed by atoms with E-state index in [-0.39, 0.29) is 11.4 Å². The van der Waals surface area contributed by atoms with Gasteiger partial charge < -0.3 is 10.1 Å². The zero-order chi connectivity index (χ0) is 18.8. The van der Waals surface area contributed by atoms with E-state index in [0.717, 1.165) is 37.6 Å². The molecular weight excluding hydrogens is 356 g/mol. The highest BCUT2D eigenvalue weighted by Crippen LogP contribution is 2.32. The highest BCUT2D eigenvalue weighted by Gasteiger charge is 2.42. The van der Waals surface area contributed by atoms with Gasteiger partial charge in [-0.15, -0.1) is 0 Å². The third kappa shape index (κ3) is 4.72. The summed E-state index contributed by atoms with van der Waals surface area (Å²) in [4.78, 5) is 19.2. The number of ether oxygens (including phenoxy) is 1. The quantitative estimate of drug-likeness (QED) is 0.757. The predicted molar refractivity (Wildman–Crippen MR) is 97.2 cm³/mol. The Morgan fingerprint density at radius 1 is 1.38 bits per heavy atom. The number of nitrogens with zero attached hydrogens (tertiary/aromatic N) is 2. The summed E-state index contributed by atoms with van der Waals surface area (Å²) in [5.74, 6) is 0.284. The standard InChI is InChI=1S/C17H26N4O4S/c1-25-15-7-5-6-13(18-15)10-21-11-14(20-26(2,23)24)16(22)19-17(12-21)8-3-4-9-17/h5-7,14,20H,3-4,8-12H2,1-2H3,(H,19,22). The van der Waals surface area contributed by atoms with Crippen LogP contribution >= 0.6 is 0 Å². The Labute approximate surface area is 154 Å². The number of pyridine rings is 1. The van der Waals surface area contributed by atoms with Gasteiger partial charge in [0.25, 0.3) is 0 Å². The van der Waals surface area contributed by atoms with Crippen LogP contribution in [0, 0.1) is 0 Å². The lowest BCUT2D eigenvalue weighted by molar-refractivity contribution is -0.123. The first-order valence-electron chi connectivity index (χ1n) is 8.80. The first-order valence-corrected chi connectivity index (χ1v) is 10.7. The molecule has 1 amide bonds. The smallest absolute Gasteiger partial charge is 0.239 e. The van der Waals surface area contributed by atoms with Crippen LogP contribution in [0.4, 0.5) is 0 Å². The molecule has 26 heavy (non-hydrogen) atoms. The number of carbonyl (C=O) groups excluding carboxylic acids is 1. The number of rotatable bonds is 5. The fourth-order valence-corrected chi connectivity index (χ4v) is 4.61. The lowest BCUT2D eigenvalue weighted by atomic mass is 9.97. The summed E-state index contributed by atoms with van der Waals surface area (Å²) < 4.78 is 31.0. The van der Waals surface area contributed by atoms with Gasteiger partial charge in [0.1, 0.15) is 6.04 Å². The number of methoxy groups -OCH3 is 1. The van der Waals surface area contributed by atoms with Gasteiger partial charge in [0.05, 0.1) is 24.6 Å². The Bertz CT molecular complexity index is 762. The van der Waals surface area contributed by atoms with Gasteiger partial charge >= 0.3 is 0 Å². The van der Waals surface area contributed by atoms with Crippen molar-refractivity contribution >= 4 is 15.9 Å². The third-order valence-electron chi connectivity index (χ3n) is 4.96. The van der Waals surface area contributed by atoms with Crippen molar-refractivity contribution in [3.8, 4) is 5.88 Å². The van der Waals surface area contributed by atoms with Crippen LogP contribution in [0.5, 0.6) is 5.88 Å². The van der Waals surface area contributed by atoms with Crippen LogP contribution < -0.4 is 14.8 Å². The van der Waals surface area contributed by atoms with Crippen LogP contribution in [-0.2, 0) is 21.4 Å². The topological polar surface area (TPSA) is 101 Å². The maximum Gasteiger partial charge on any atom is 0.239 e. The summed E-state index contributed by atoms with van der Waals surface area (Å²) >= 11 is 0. The van der Waals surface area contributed by atoms with E-state index in [1.54, 1.807) is 13.2 Å². The van der Waals surface area contributed by atoms with Gasteiger partial charge in [-0.2, -0.15) is 0 Å². The molecule has 0 aromatic carbocycles. The number of sulfonamides is 1. The monoisotopic (exact) mass is 382 g/mol. The van der Waals surface area contributed by atoms with Gasteiger partial charge in [-0.3, -0.25) is 9.69 Å². The molecule has 1 saturated heterocycles. The maximum absolute atomic E-state index is 12.7. The fraction of sp³-hybridized carbons (Fsp3) is 0.647. The van der Waals surface area contributed by atoms with E-state index in [2.05, 4.69) is 19.9 Å². The second kappa shape index (κ2) is 7.50. The van der Waals surface area contributed by atoms with Crippen LogP contribution in [-0.4, -0.2) is 62.2 Å². The molecule has 1 saturated carbocycles. The van der Waals surface area contributed by atoms with Crippen molar-refractivity contribution in [2.75, 3.05) is 26.5 Å². The van der Waals surface area contributed by atoms with Crippen molar-refractivity contribution in [1.29, 1.82) is 0 Å². The molecule has 1 aliphatic carbocycles. The molecule has 1 aliphatic heterocycles. The molecule has 8 nitrogen and oxygen atoms in total. The van der Waals surface area contributed by atoms with E-state index < -0.39 is 16.1 Å². The lowest BCUT2D eigenvalue weighted by Crippen LogP contribution is -2.54. The summed E-state index contributed by atoms with van der Waals surface area (Å²) in [6.45, 7) is 1.51. The van der Waals surface area contributed by atoms with Crippen molar-refractivity contribution < 1.29 is 17.9 Å². The Morgan fingerprint density at radius 2 is 2.12 bits per heavy atom. The number of aromatic nitrogens is 1. The molecule has 1 unspecified atom stereocenters. The first-order chi connectivity index (χ1) is 12.3. The average molecular weight is 382 g/mol. The van der Waals surface area contributed by atoms with Gasteiger partial charge in [-0.1, -0.05) is 18.9 Å². The molecule has 1 aromatic heterocycles. The molecule has 1 atom stereocenters. The molecule has 1 spiro atoms. The fourth-order valence-electron chi connectivity index (χ4n) is 3.91. The van der Waals surface area contributed by atoms with E-state index in [1.165, 1.54) is 0 Å². The summed E-state index contributed by atoms with van der Waals surface area (Å²) in [7, 11) is -1.92. The van der Waals surface area contributed by atoms with Crippen molar-refractivity contribution in [3.05, 3.63) is 23.9 Å². The number of nitrogens with one attached hydrogen (secondary N) is 2. The van der Waals surface area contributed by atoms with E-state index in [9.17, 15) is 13.2 Å². The largest absolute Gasteiger partial charge is 0.481 e. The number of hydrogen-bond donors (Lipinski definition) is 2. The van der Waals surface area contributed by atoms with Gasteiger partial charge in [0.2, 0.25) is 21.8 Å². The average Bonchev–Trinajstić information content (AvgIpc) is 2.96. The molecule has 2 fully saturated rings. The van der Waals surface area contributed by atoms with Crippen molar-refractivity contribution in [2.45, 2.75) is 43.8 Å². The van der Waals surface area contributed by atoms with E-state index in [0.29, 0.717) is 25.5 Å². The molecule has 2 aliphatic rings. The minimum atomic E-state index is -3.49. The second-order valence-electron chi connectivity index (χ2n) is 7.26. The zero-order valence-corrected chi connectivity index (χ0v) is 16.0. The Hall–Kier alpha value is -1.71. The minimum Gasteiger partial charge on any atom is -0.481 e. The van der Waals surface area contributed by atoms with Gasteiger partial charge in [0.15, 0.2) is 0 Å². The highest BCUT2D eigenvalue weighted by molar-refractivity contribution is 7.88. The minimum absolute atomic E-state index is 0.251. The van der Waals surface area contributed by atoms with Gasteiger partial charge in [-0.05, 0) is 18.9 Å². The van der Waals surface area contributed by atoms with Crippen LogP contribution in [0.2, 0.25) is 0 Å². The molecule has 2 N–H and O–H groups in total. The SMILES string of the molecule is COc1cccc(CN2CC(NS(C)(=O)=O)C(=O)NC3(CCCC3)C2)n1. The number of amides is 1. The molecular formula is C17H26N4O4S. The Balaban J connectivity index is 1.83. The van der Waals surface area contributed by atoms with E-state index in [4.69, 9.17) is 4.74 Å². The van der Waals surface area contributed by atoms with Crippen molar-refractivity contribution in [1.82, 2.24) is 19.9 Å². The second-order valence-corrected chi connectivity index (χ2v) is 9.04. The number of hydrogen-bond acceptors (Lipinski definition) is 6. The van der Waals surface area contributed by atoms with Crippen molar-refractivity contribution in [2.24, 2.45) is 0 Å². The van der Waals surface area contributed by atoms with Crippen LogP contribution in [0.3, 0.4) is 0 Å². The summed E-state index contributed by atoms with van der Waals surface area (Å²) in [6.07, 6.45) is 5.02. The molecule has 0 bridgehead atoms. The summed E-state index contributed by atoms with van der Waals surface area (Å²) in [6, 6.07) is 4.75. The number of carbonyl (C=O) groups is 1. The normalized spacial score (nSPS) is 23.6. The predicted octanol–water partition coefficient (Wildman–Crippen LogP) is 0.253. The Kier molecular flexibility index (Phi) is 5.50. The molecule has 0 radical (unpaired) electrons. The third-order valence-corrected chi connectivity index (χ3v) is 5.68. The van der Waals surface area contributed by atoms with Crippen LogP contribution in [0.25, 0.3) is 0 Å². The summed E-state index contributed by atoms with van der Waals surface area (Å²) in [5, 5.41) is 3.11. The zero-order valence-electron chi connectivity index (χ0n) is 15.2. The molecule has 9 heteroatoms. The van der Waals surface area contributed by atoms with Gasteiger partial charge in [0, 0.05) is 25.7 Å². The van der Waals surface area contributed by atoms with E-state index >= 15 is 0 Å².